The molecule has 1 amide bonds. The second-order valence-corrected chi connectivity index (χ2v) is 6.05. The molecule has 0 saturated heterocycles. The summed E-state index contributed by atoms with van der Waals surface area (Å²) in [5, 5.41) is 6.93. The summed E-state index contributed by atoms with van der Waals surface area (Å²) in [7, 11) is 0. The average molecular weight is 336 g/mol. The van der Waals surface area contributed by atoms with Gasteiger partial charge in [-0.3, -0.25) is 4.79 Å². The average Bonchev–Trinajstić information content (AvgIpc) is 2.51. The van der Waals surface area contributed by atoms with Crippen LogP contribution in [0.4, 0.5) is 5.69 Å². The van der Waals surface area contributed by atoms with Gasteiger partial charge in [0.2, 0.25) is 0 Å². The number of nitrogens with one attached hydrogen (secondary N) is 2. The van der Waals surface area contributed by atoms with E-state index in [0.717, 1.165) is 28.8 Å². The van der Waals surface area contributed by atoms with Gasteiger partial charge in [0.1, 0.15) is 5.15 Å². The first-order valence-corrected chi connectivity index (χ1v) is 7.79. The molecule has 0 bridgehead atoms. The summed E-state index contributed by atoms with van der Waals surface area (Å²) in [6.07, 6.45) is 2.56. The molecule has 2 N–H and O–H groups in total. The maximum Gasteiger partial charge on any atom is 0.251 e. The van der Waals surface area contributed by atoms with Gasteiger partial charge in [0.25, 0.3) is 5.91 Å². The lowest BCUT2D eigenvalue weighted by Crippen LogP contribution is -2.31. The minimum Gasteiger partial charge on any atom is -0.378 e. The van der Waals surface area contributed by atoms with Crippen LogP contribution in [0.25, 0.3) is 0 Å². The Morgan fingerprint density at radius 2 is 2.14 bits per heavy atom. The molecule has 0 saturated carbocycles. The number of pyridine rings is 1. The van der Waals surface area contributed by atoms with Gasteiger partial charge in [-0.2, -0.15) is 0 Å². The molecular weight excluding hydrogens is 321 g/mol. The first kappa shape index (κ1) is 15.1. The molecule has 1 aliphatic rings. The van der Waals surface area contributed by atoms with Crippen LogP contribution in [0, 0.1) is 0 Å². The number of aromatic nitrogens is 1. The Morgan fingerprint density at radius 1 is 1.32 bits per heavy atom. The molecule has 114 valence electrons. The molecule has 0 spiro atoms. The van der Waals surface area contributed by atoms with E-state index in [4.69, 9.17) is 23.2 Å². The van der Waals surface area contributed by atoms with Crippen LogP contribution in [0.2, 0.25) is 10.2 Å². The quantitative estimate of drug-likeness (QED) is 0.837. The Balaban J connectivity index is 1.82. The van der Waals surface area contributed by atoms with Crippen molar-refractivity contribution in [3.8, 4) is 0 Å². The Bertz CT molecular complexity index is 733. The zero-order chi connectivity index (χ0) is 15.7. The molecule has 0 aliphatic carbocycles. The molecule has 4 nitrogen and oxygen atoms in total. The van der Waals surface area contributed by atoms with E-state index in [1.165, 1.54) is 0 Å². The molecule has 0 fully saturated rings. The Labute approximate surface area is 138 Å². The molecule has 3 rings (SSSR count). The number of anilines is 1. The van der Waals surface area contributed by atoms with Crippen molar-refractivity contribution in [2.75, 3.05) is 11.9 Å². The number of carbonyl (C=O) groups is 1. The van der Waals surface area contributed by atoms with Gasteiger partial charge in [0.05, 0.1) is 11.1 Å². The smallest absolute Gasteiger partial charge is 0.251 e. The number of halogens is 2. The minimum absolute atomic E-state index is 0.00744. The number of nitrogens with zero attached hydrogens (tertiary/aromatic N) is 1. The SMILES string of the molecule is CC(Nc1ccc2c(c1)C(=O)NCC2)c1cnc(Cl)c(Cl)c1. The normalized spacial score (nSPS) is 15.0. The van der Waals surface area contributed by atoms with E-state index in [0.29, 0.717) is 16.7 Å². The predicted molar refractivity (Wildman–Crippen MR) is 88.8 cm³/mol. The molecule has 1 aliphatic heterocycles. The predicted octanol–water partition coefficient (Wildman–Crippen LogP) is 3.85. The highest BCUT2D eigenvalue weighted by Gasteiger charge is 2.17. The van der Waals surface area contributed by atoms with Crippen LogP contribution in [-0.2, 0) is 6.42 Å². The third-order valence-corrected chi connectivity index (χ3v) is 4.42. The Morgan fingerprint density at radius 3 is 2.91 bits per heavy atom. The van der Waals surface area contributed by atoms with Gasteiger partial charge < -0.3 is 10.6 Å². The third-order valence-electron chi connectivity index (χ3n) is 3.73. The van der Waals surface area contributed by atoms with Crippen LogP contribution in [0.5, 0.6) is 0 Å². The van der Waals surface area contributed by atoms with E-state index in [9.17, 15) is 4.79 Å². The summed E-state index contributed by atoms with van der Waals surface area (Å²) < 4.78 is 0. The standard InChI is InChI=1S/C16H15Cl2N3O/c1-9(11-6-14(17)15(18)20-8-11)21-12-3-2-10-4-5-19-16(22)13(10)7-12/h2-3,6-9,21H,4-5H2,1H3,(H,19,22). The zero-order valence-electron chi connectivity index (χ0n) is 12.0. The number of benzene rings is 1. The first-order valence-electron chi connectivity index (χ1n) is 7.03. The summed E-state index contributed by atoms with van der Waals surface area (Å²) in [5.74, 6) is -0.0197. The summed E-state index contributed by atoms with van der Waals surface area (Å²) in [4.78, 5) is 15.9. The molecule has 1 atom stereocenters. The van der Waals surface area contributed by atoms with E-state index in [1.807, 2.05) is 25.1 Å². The highest BCUT2D eigenvalue weighted by molar-refractivity contribution is 6.41. The molecule has 0 radical (unpaired) electrons. The van der Waals surface area contributed by atoms with Crippen molar-refractivity contribution in [1.82, 2.24) is 10.3 Å². The summed E-state index contributed by atoms with van der Waals surface area (Å²) in [6.45, 7) is 2.70. The summed E-state index contributed by atoms with van der Waals surface area (Å²) in [6, 6.07) is 7.65. The van der Waals surface area contributed by atoms with Gasteiger partial charge in [0.15, 0.2) is 0 Å². The largest absolute Gasteiger partial charge is 0.378 e. The number of rotatable bonds is 3. The molecule has 6 heteroatoms. The van der Waals surface area contributed by atoms with Crippen LogP contribution in [0.1, 0.15) is 34.5 Å². The van der Waals surface area contributed by atoms with Gasteiger partial charge in [-0.1, -0.05) is 29.3 Å². The Hall–Kier alpha value is -1.78. The molecule has 2 heterocycles. The molecule has 2 aromatic rings. The van der Waals surface area contributed by atoms with Gasteiger partial charge in [-0.05, 0) is 42.7 Å². The van der Waals surface area contributed by atoms with Crippen LogP contribution in [-0.4, -0.2) is 17.4 Å². The maximum atomic E-state index is 11.9. The lowest BCUT2D eigenvalue weighted by Gasteiger charge is -2.20. The van der Waals surface area contributed by atoms with E-state index in [2.05, 4.69) is 15.6 Å². The molecular formula is C16H15Cl2N3O. The number of hydrogen-bond acceptors (Lipinski definition) is 3. The lowest BCUT2D eigenvalue weighted by atomic mass is 9.99. The van der Waals surface area contributed by atoms with E-state index < -0.39 is 0 Å². The van der Waals surface area contributed by atoms with Crippen LogP contribution < -0.4 is 10.6 Å². The van der Waals surface area contributed by atoms with Gasteiger partial charge in [-0.15, -0.1) is 0 Å². The van der Waals surface area contributed by atoms with Gasteiger partial charge >= 0.3 is 0 Å². The summed E-state index contributed by atoms with van der Waals surface area (Å²) in [5.41, 5.74) is 3.62. The van der Waals surface area contributed by atoms with Crippen molar-refractivity contribution in [2.24, 2.45) is 0 Å². The van der Waals surface area contributed by atoms with Crippen LogP contribution in [0.15, 0.2) is 30.5 Å². The van der Waals surface area contributed by atoms with Crippen molar-refractivity contribution in [3.63, 3.8) is 0 Å². The van der Waals surface area contributed by atoms with Crippen molar-refractivity contribution in [2.45, 2.75) is 19.4 Å². The van der Waals surface area contributed by atoms with Crippen molar-refractivity contribution >= 4 is 34.8 Å². The fourth-order valence-corrected chi connectivity index (χ4v) is 2.79. The summed E-state index contributed by atoms with van der Waals surface area (Å²) >= 11 is 11.8. The number of carbonyl (C=O) groups excluding carboxylic acids is 1. The van der Waals surface area contributed by atoms with E-state index in [1.54, 1.807) is 12.3 Å². The number of amides is 1. The second-order valence-electron chi connectivity index (χ2n) is 5.29. The van der Waals surface area contributed by atoms with E-state index in [-0.39, 0.29) is 11.9 Å². The van der Waals surface area contributed by atoms with Crippen molar-refractivity contribution < 1.29 is 4.79 Å². The maximum absolute atomic E-state index is 11.9. The molecule has 1 aromatic carbocycles. The molecule has 1 unspecified atom stereocenters. The topological polar surface area (TPSA) is 54.0 Å². The zero-order valence-corrected chi connectivity index (χ0v) is 13.5. The third kappa shape index (κ3) is 3.03. The second kappa shape index (κ2) is 6.15. The van der Waals surface area contributed by atoms with Crippen LogP contribution in [0.3, 0.4) is 0 Å². The molecule has 1 aromatic heterocycles. The highest BCUT2D eigenvalue weighted by Crippen LogP contribution is 2.26. The van der Waals surface area contributed by atoms with E-state index >= 15 is 0 Å². The van der Waals surface area contributed by atoms with Gasteiger partial charge in [0, 0.05) is 24.0 Å². The van der Waals surface area contributed by atoms with Gasteiger partial charge in [-0.25, -0.2) is 4.98 Å². The van der Waals surface area contributed by atoms with Crippen molar-refractivity contribution in [3.05, 3.63) is 57.3 Å². The monoisotopic (exact) mass is 335 g/mol. The van der Waals surface area contributed by atoms with Crippen LogP contribution >= 0.6 is 23.2 Å². The Kier molecular flexibility index (Phi) is 4.23. The lowest BCUT2D eigenvalue weighted by molar-refractivity contribution is 0.0946. The minimum atomic E-state index is -0.0197. The molecule has 22 heavy (non-hydrogen) atoms. The number of fused-ring (bicyclic) bond motifs is 1. The highest BCUT2D eigenvalue weighted by atomic mass is 35.5. The first-order chi connectivity index (χ1) is 10.5. The fraction of sp³-hybridized carbons (Fsp3) is 0.250. The van der Waals surface area contributed by atoms with Crippen molar-refractivity contribution in [1.29, 1.82) is 0 Å². The fourth-order valence-electron chi connectivity index (χ4n) is 2.51. The number of hydrogen-bond donors (Lipinski definition) is 2.